The summed E-state index contributed by atoms with van der Waals surface area (Å²) in [4.78, 5) is 22.1. The molecule has 0 radical (unpaired) electrons. The van der Waals surface area contributed by atoms with Crippen molar-refractivity contribution in [2.75, 3.05) is 19.6 Å². The second kappa shape index (κ2) is 9.52. The van der Waals surface area contributed by atoms with Crippen molar-refractivity contribution in [1.29, 1.82) is 0 Å². The fourth-order valence-corrected chi connectivity index (χ4v) is 1.68. The van der Waals surface area contributed by atoms with Crippen molar-refractivity contribution in [3.05, 3.63) is 38.9 Å². The average Bonchev–Trinajstić information content (AvgIpc) is 2.38. The van der Waals surface area contributed by atoms with E-state index in [0.717, 1.165) is 13.0 Å². The molecule has 0 saturated carbocycles. The minimum Gasteiger partial charge on any atom is -0.351 e. The lowest BCUT2D eigenvalue weighted by atomic mass is 10.1. The number of nitro benzene ring substituents is 1. The maximum Gasteiger partial charge on any atom is 0.283 e. The van der Waals surface area contributed by atoms with E-state index in [-0.39, 0.29) is 28.7 Å². The molecule has 0 atom stereocenters. The molecule has 0 heterocycles. The molecule has 0 aliphatic rings. The van der Waals surface area contributed by atoms with Crippen LogP contribution in [0.3, 0.4) is 0 Å². The molecule has 0 spiro atoms. The van der Waals surface area contributed by atoms with Crippen molar-refractivity contribution < 1.29 is 9.72 Å². The lowest BCUT2D eigenvalue weighted by Gasteiger charge is -2.06. The SMILES string of the molecule is CCCNCCNC(=O)c1ccc(Cl)cc1[N+](=O)[O-].Cl. The molecule has 6 nitrogen and oxygen atoms in total. The highest BCUT2D eigenvalue weighted by Gasteiger charge is 2.19. The lowest BCUT2D eigenvalue weighted by Crippen LogP contribution is -2.32. The largest absolute Gasteiger partial charge is 0.351 e. The molecular formula is C12H17Cl2N3O3. The van der Waals surface area contributed by atoms with Gasteiger partial charge in [0.2, 0.25) is 0 Å². The fraction of sp³-hybridized carbons (Fsp3) is 0.417. The molecule has 2 N–H and O–H groups in total. The average molecular weight is 322 g/mol. The highest BCUT2D eigenvalue weighted by molar-refractivity contribution is 6.31. The number of amides is 1. The first-order valence-electron chi connectivity index (χ1n) is 5.99. The third-order valence-corrected chi connectivity index (χ3v) is 2.65. The van der Waals surface area contributed by atoms with Gasteiger partial charge in [-0.1, -0.05) is 18.5 Å². The van der Waals surface area contributed by atoms with E-state index in [0.29, 0.717) is 13.1 Å². The van der Waals surface area contributed by atoms with Crippen molar-refractivity contribution in [2.24, 2.45) is 0 Å². The third-order valence-electron chi connectivity index (χ3n) is 2.42. The smallest absolute Gasteiger partial charge is 0.283 e. The molecule has 1 aromatic carbocycles. The Kier molecular flexibility index (Phi) is 8.87. The first kappa shape index (κ1) is 18.6. The Labute approximate surface area is 128 Å². The van der Waals surface area contributed by atoms with Gasteiger partial charge in [-0.3, -0.25) is 14.9 Å². The molecule has 0 unspecified atom stereocenters. The van der Waals surface area contributed by atoms with Crippen LogP contribution >= 0.6 is 24.0 Å². The van der Waals surface area contributed by atoms with Gasteiger partial charge >= 0.3 is 0 Å². The number of nitrogens with zero attached hydrogens (tertiary/aromatic N) is 1. The molecule has 1 rings (SSSR count). The number of hydrogen-bond acceptors (Lipinski definition) is 4. The summed E-state index contributed by atoms with van der Waals surface area (Å²) in [6.45, 7) is 3.96. The molecule has 0 fully saturated rings. The third kappa shape index (κ3) is 5.73. The van der Waals surface area contributed by atoms with Crippen molar-refractivity contribution in [1.82, 2.24) is 10.6 Å². The molecule has 0 saturated heterocycles. The van der Waals surface area contributed by atoms with Gasteiger partial charge in [0.25, 0.3) is 11.6 Å². The molecule has 0 aliphatic carbocycles. The van der Waals surface area contributed by atoms with E-state index >= 15 is 0 Å². The summed E-state index contributed by atoms with van der Waals surface area (Å²) in [5.41, 5.74) is -0.267. The molecule has 0 bridgehead atoms. The predicted octanol–water partition coefficient (Wildman–Crippen LogP) is 2.40. The van der Waals surface area contributed by atoms with Gasteiger partial charge in [-0.25, -0.2) is 0 Å². The van der Waals surface area contributed by atoms with Gasteiger partial charge in [-0.2, -0.15) is 0 Å². The summed E-state index contributed by atoms with van der Waals surface area (Å²) >= 11 is 5.68. The van der Waals surface area contributed by atoms with E-state index in [4.69, 9.17) is 11.6 Å². The van der Waals surface area contributed by atoms with Crippen molar-refractivity contribution >= 4 is 35.6 Å². The molecule has 1 amide bonds. The van der Waals surface area contributed by atoms with E-state index < -0.39 is 10.8 Å². The van der Waals surface area contributed by atoms with Gasteiger partial charge in [0.05, 0.1) is 4.92 Å². The second-order valence-corrected chi connectivity index (χ2v) is 4.36. The summed E-state index contributed by atoms with van der Waals surface area (Å²) in [5.74, 6) is -0.471. The Hall–Kier alpha value is -1.37. The Balaban J connectivity index is 0.00000361. The lowest BCUT2D eigenvalue weighted by molar-refractivity contribution is -0.385. The normalized spacial score (nSPS) is 9.70. The number of carbonyl (C=O) groups is 1. The maximum atomic E-state index is 11.8. The number of halogens is 2. The van der Waals surface area contributed by atoms with Crippen LogP contribution in [0.2, 0.25) is 5.02 Å². The number of nitro groups is 1. The second-order valence-electron chi connectivity index (χ2n) is 3.92. The van der Waals surface area contributed by atoms with Gasteiger partial charge in [0.15, 0.2) is 0 Å². The quantitative estimate of drug-likeness (QED) is 0.459. The van der Waals surface area contributed by atoms with Crippen LogP contribution in [0, 0.1) is 10.1 Å². The van der Waals surface area contributed by atoms with Crippen LogP contribution in [0.15, 0.2) is 18.2 Å². The van der Waals surface area contributed by atoms with Crippen LogP contribution in [-0.4, -0.2) is 30.5 Å². The van der Waals surface area contributed by atoms with Crippen LogP contribution in [0.25, 0.3) is 0 Å². The minimum absolute atomic E-state index is 0. The number of hydrogen-bond donors (Lipinski definition) is 2. The summed E-state index contributed by atoms with van der Waals surface area (Å²) in [6.07, 6.45) is 1.01. The Morgan fingerprint density at radius 3 is 2.65 bits per heavy atom. The van der Waals surface area contributed by atoms with Crippen molar-refractivity contribution in [3.8, 4) is 0 Å². The molecular weight excluding hydrogens is 305 g/mol. The van der Waals surface area contributed by atoms with E-state index in [1.807, 2.05) is 6.92 Å². The number of nitrogens with one attached hydrogen (secondary N) is 2. The number of carbonyl (C=O) groups excluding carboxylic acids is 1. The molecule has 8 heteroatoms. The molecule has 0 aliphatic heterocycles. The summed E-state index contributed by atoms with van der Waals surface area (Å²) in [5, 5.41) is 16.8. The number of rotatable bonds is 7. The van der Waals surface area contributed by atoms with Gasteiger partial charge in [-0.05, 0) is 25.1 Å². The highest BCUT2D eigenvalue weighted by Crippen LogP contribution is 2.22. The molecule has 112 valence electrons. The van der Waals surface area contributed by atoms with Gasteiger partial charge in [0, 0.05) is 24.2 Å². The Morgan fingerprint density at radius 1 is 1.35 bits per heavy atom. The summed E-state index contributed by atoms with van der Waals surface area (Å²) < 4.78 is 0. The zero-order valence-electron chi connectivity index (χ0n) is 11.0. The first-order chi connectivity index (χ1) is 9.06. The topological polar surface area (TPSA) is 84.3 Å². The van der Waals surface area contributed by atoms with E-state index in [9.17, 15) is 14.9 Å². The van der Waals surface area contributed by atoms with E-state index in [1.165, 1.54) is 18.2 Å². The maximum absolute atomic E-state index is 11.8. The highest BCUT2D eigenvalue weighted by atomic mass is 35.5. The summed E-state index contributed by atoms with van der Waals surface area (Å²) in [7, 11) is 0. The predicted molar refractivity (Wildman–Crippen MR) is 80.8 cm³/mol. The molecule has 0 aromatic heterocycles. The zero-order valence-corrected chi connectivity index (χ0v) is 12.6. The van der Waals surface area contributed by atoms with Crippen molar-refractivity contribution in [3.63, 3.8) is 0 Å². The first-order valence-corrected chi connectivity index (χ1v) is 6.37. The number of benzene rings is 1. The van der Waals surface area contributed by atoms with Crippen LogP contribution < -0.4 is 10.6 Å². The van der Waals surface area contributed by atoms with Gasteiger partial charge < -0.3 is 10.6 Å². The monoisotopic (exact) mass is 321 g/mol. The van der Waals surface area contributed by atoms with E-state index in [2.05, 4.69) is 10.6 Å². The van der Waals surface area contributed by atoms with Crippen LogP contribution in [0.1, 0.15) is 23.7 Å². The summed E-state index contributed by atoms with van der Waals surface area (Å²) in [6, 6.07) is 3.99. The fourth-order valence-electron chi connectivity index (χ4n) is 1.51. The minimum atomic E-state index is -0.615. The van der Waals surface area contributed by atoms with Crippen LogP contribution in [0.4, 0.5) is 5.69 Å². The van der Waals surface area contributed by atoms with E-state index in [1.54, 1.807) is 0 Å². The van der Waals surface area contributed by atoms with Crippen LogP contribution in [0.5, 0.6) is 0 Å². The van der Waals surface area contributed by atoms with Crippen LogP contribution in [-0.2, 0) is 0 Å². The Bertz CT molecular complexity index is 469. The van der Waals surface area contributed by atoms with Crippen molar-refractivity contribution in [2.45, 2.75) is 13.3 Å². The Morgan fingerprint density at radius 2 is 2.05 bits per heavy atom. The van der Waals surface area contributed by atoms with Gasteiger partial charge in [0.1, 0.15) is 5.56 Å². The van der Waals surface area contributed by atoms with Gasteiger partial charge in [-0.15, -0.1) is 12.4 Å². The standard InChI is InChI=1S/C12H16ClN3O3.ClH/c1-2-5-14-6-7-15-12(17)10-4-3-9(13)8-11(10)16(18)19;/h3-4,8,14H,2,5-7H2,1H3,(H,15,17);1H. The molecule has 20 heavy (non-hydrogen) atoms. The molecule has 1 aromatic rings. The zero-order chi connectivity index (χ0) is 14.3.